The second-order valence-corrected chi connectivity index (χ2v) is 3.81. The molecule has 1 aromatic carbocycles. The van der Waals surface area contributed by atoms with Crippen LogP contribution >= 0.6 is 0 Å². The van der Waals surface area contributed by atoms with Gasteiger partial charge in [0.2, 0.25) is 0 Å². The average molecular weight is 257 g/mol. The SMILES string of the molecule is O=c1cnc2nccc(Oc3cccc(F)c3)c2[nH]1. The minimum atomic E-state index is -0.400. The fourth-order valence-electron chi connectivity index (χ4n) is 1.67. The van der Waals surface area contributed by atoms with Crippen molar-refractivity contribution < 1.29 is 9.13 Å². The zero-order valence-electron chi connectivity index (χ0n) is 9.63. The monoisotopic (exact) mass is 257 g/mol. The number of hydrogen-bond donors (Lipinski definition) is 1. The fraction of sp³-hybridized carbons (Fsp3) is 0. The Balaban J connectivity index is 2.10. The molecule has 0 radical (unpaired) electrons. The lowest BCUT2D eigenvalue weighted by Crippen LogP contribution is -2.06. The molecule has 0 aliphatic rings. The summed E-state index contributed by atoms with van der Waals surface area (Å²) in [4.78, 5) is 21.8. The maximum atomic E-state index is 13.1. The lowest BCUT2D eigenvalue weighted by Gasteiger charge is -2.07. The molecule has 0 aliphatic heterocycles. The molecule has 3 rings (SSSR count). The summed E-state index contributed by atoms with van der Waals surface area (Å²) in [7, 11) is 0. The van der Waals surface area contributed by atoms with Gasteiger partial charge in [0.05, 0.1) is 6.20 Å². The Kier molecular flexibility index (Phi) is 2.68. The average Bonchev–Trinajstić information content (AvgIpc) is 2.39. The molecule has 0 spiro atoms. The lowest BCUT2D eigenvalue weighted by atomic mass is 10.3. The zero-order chi connectivity index (χ0) is 13.2. The van der Waals surface area contributed by atoms with E-state index in [0.29, 0.717) is 22.7 Å². The minimum Gasteiger partial charge on any atom is -0.455 e. The number of fused-ring (bicyclic) bond motifs is 1. The Labute approximate surface area is 106 Å². The molecule has 0 saturated carbocycles. The molecule has 0 unspecified atom stereocenters. The number of H-pyrrole nitrogens is 1. The molecule has 3 aromatic rings. The first-order valence-electron chi connectivity index (χ1n) is 5.50. The van der Waals surface area contributed by atoms with Crippen molar-refractivity contribution in [3.05, 3.63) is 58.9 Å². The van der Waals surface area contributed by atoms with E-state index in [2.05, 4.69) is 15.0 Å². The number of nitrogens with zero attached hydrogens (tertiary/aromatic N) is 2. The fourth-order valence-corrected chi connectivity index (χ4v) is 1.67. The molecule has 2 aromatic heterocycles. The van der Waals surface area contributed by atoms with Gasteiger partial charge in [0.15, 0.2) is 11.4 Å². The van der Waals surface area contributed by atoms with Crippen LogP contribution in [0.5, 0.6) is 11.5 Å². The zero-order valence-corrected chi connectivity index (χ0v) is 9.63. The maximum Gasteiger partial charge on any atom is 0.267 e. The first-order chi connectivity index (χ1) is 9.22. The number of nitrogens with one attached hydrogen (secondary N) is 1. The highest BCUT2D eigenvalue weighted by atomic mass is 19.1. The third-order valence-electron chi connectivity index (χ3n) is 2.47. The number of ether oxygens (including phenoxy) is 1. The van der Waals surface area contributed by atoms with Crippen molar-refractivity contribution in [2.45, 2.75) is 0 Å². The molecule has 0 bridgehead atoms. The van der Waals surface area contributed by atoms with Crippen LogP contribution in [0.1, 0.15) is 0 Å². The summed E-state index contributed by atoms with van der Waals surface area (Å²) in [5, 5.41) is 0. The Hall–Kier alpha value is -2.76. The van der Waals surface area contributed by atoms with Crippen LogP contribution in [-0.4, -0.2) is 15.0 Å². The van der Waals surface area contributed by atoms with E-state index < -0.39 is 5.82 Å². The molecule has 0 saturated heterocycles. The van der Waals surface area contributed by atoms with Crippen LogP contribution < -0.4 is 10.3 Å². The van der Waals surface area contributed by atoms with Crippen LogP contribution in [0.15, 0.2) is 47.5 Å². The number of aromatic amines is 1. The normalized spacial score (nSPS) is 10.6. The number of benzene rings is 1. The van der Waals surface area contributed by atoms with E-state index in [9.17, 15) is 9.18 Å². The van der Waals surface area contributed by atoms with Gasteiger partial charge in [0.1, 0.15) is 17.1 Å². The van der Waals surface area contributed by atoms with Crippen LogP contribution in [0.4, 0.5) is 4.39 Å². The molecule has 0 amide bonds. The number of halogens is 1. The Morgan fingerprint density at radius 1 is 1.21 bits per heavy atom. The largest absolute Gasteiger partial charge is 0.455 e. The summed E-state index contributed by atoms with van der Waals surface area (Å²) in [6, 6.07) is 7.30. The van der Waals surface area contributed by atoms with Crippen molar-refractivity contribution in [1.29, 1.82) is 0 Å². The highest BCUT2D eigenvalue weighted by Crippen LogP contribution is 2.25. The van der Waals surface area contributed by atoms with Crippen molar-refractivity contribution >= 4 is 11.2 Å². The third kappa shape index (κ3) is 2.28. The predicted molar refractivity (Wildman–Crippen MR) is 66.6 cm³/mol. The van der Waals surface area contributed by atoms with E-state index in [1.54, 1.807) is 12.1 Å². The standard InChI is InChI=1S/C13H8FN3O2/c14-8-2-1-3-9(6-8)19-10-4-5-15-13-12(10)17-11(18)7-16-13/h1-7H,(H,17,18). The number of rotatable bonds is 2. The van der Waals surface area contributed by atoms with Gasteiger partial charge in [-0.3, -0.25) is 4.79 Å². The van der Waals surface area contributed by atoms with Gasteiger partial charge in [-0.1, -0.05) is 6.07 Å². The second kappa shape index (κ2) is 4.49. The molecule has 1 N–H and O–H groups in total. The van der Waals surface area contributed by atoms with Gasteiger partial charge < -0.3 is 9.72 Å². The van der Waals surface area contributed by atoms with Crippen LogP contribution in [0, 0.1) is 5.82 Å². The minimum absolute atomic E-state index is 0.331. The predicted octanol–water partition coefficient (Wildman–Crippen LogP) is 2.25. The van der Waals surface area contributed by atoms with Gasteiger partial charge in [-0.05, 0) is 12.1 Å². The van der Waals surface area contributed by atoms with Crippen molar-refractivity contribution in [3.63, 3.8) is 0 Å². The lowest BCUT2D eigenvalue weighted by molar-refractivity contribution is 0.480. The van der Waals surface area contributed by atoms with E-state index in [-0.39, 0.29) is 5.56 Å². The molecular weight excluding hydrogens is 249 g/mol. The van der Waals surface area contributed by atoms with Crippen LogP contribution in [-0.2, 0) is 0 Å². The highest BCUT2D eigenvalue weighted by molar-refractivity contribution is 5.76. The number of hydrogen-bond acceptors (Lipinski definition) is 4. The molecular formula is C13H8FN3O2. The summed E-state index contributed by atoms with van der Waals surface area (Å²) in [5.74, 6) is 0.292. The molecule has 19 heavy (non-hydrogen) atoms. The van der Waals surface area contributed by atoms with Gasteiger partial charge in [-0.25, -0.2) is 14.4 Å². The third-order valence-corrected chi connectivity index (χ3v) is 2.47. The summed E-state index contributed by atoms with van der Waals surface area (Å²) < 4.78 is 18.6. The van der Waals surface area contributed by atoms with E-state index >= 15 is 0 Å². The van der Waals surface area contributed by atoms with Gasteiger partial charge in [0.25, 0.3) is 5.56 Å². The molecule has 0 atom stereocenters. The number of pyridine rings is 1. The first kappa shape index (κ1) is 11.3. The van der Waals surface area contributed by atoms with E-state index in [0.717, 1.165) is 6.20 Å². The summed E-state index contributed by atoms with van der Waals surface area (Å²) in [6.45, 7) is 0. The first-order valence-corrected chi connectivity index (χ1v) is 5.50. The van der Waals surface area contributed by atoms with Crippen molar-refractivity contribution in [2.24, 2.45) is 0 Å². The maximum absolute atomic E-state index is 13.1. The van der Waals surface area contributed by atoms with Gasteiger partial charge in [-0.15, -0.1) is 0 Å². The van der Waals surface area contributed by atoms with Crippen LogP contribution in [0.3, 0.4) is 0 Å². The molecule has 94 valence electrons. The molecule has 2 heterocycles. The van der Waals surface area contributed by atoms with Gasteiger partial charge >= 0.3 is 0 Å². The van der Waals surface area contributed by atoms with E-state index in [4.69, 9.17) is 4.74 Å². The summed E-state index contributed by atoms with van der Waals surface area (Å²) in [5.41, 5.74) is 0.373. The van der Waals surface area contributed by atoms with Crippen molar-refractivity contribution in [2.75, 3.05) is 0 Å². The summed E-state index contributed by atoms with van der Waals surface area (Å²) >= 11 is 0. The quantitative estimate of drug-likeness (QED) is 0.764. The summed E-state index contributed by atoms with van der Waals surface area (Å²) in [6.07, 6.45) is 2.64. The molecule has 0 aliphatic carbocycles. The van der Waals surface area contributed by atoms with Crippen LogP contribution in [0.25, 0.3) is 11.2 Å². The second-order valence-electron chi connectivity index (χ2n) is 3.81. The Bertz CT molecular complexity index is 801. The molecule has 5 nitrogen and oxygen atoms in total. The van der Waals surface area contributed by atoms with Gasteiger partial charge in [-0.2, -0.15) is 0 Å². The van der Waals surface area contributed by atoms with Crippen LogP contribution in [0.2, 0.25) is 0 Å². The van der Waals surface area contributed by atoms with E-state index in [1.807, 2.05) is 0 Å². The Morgan fingerprint density at radius 2 is 2.11 bits per heavy atom. The van der Waals surface area contributed by atoms with Crippen molar-refractivity contribution in [3.8, 4) is 11.5 Å². The van der Waals surface area contributed by atoms with E-state index in [1.165, 1.54) is 24.4 Å². The topological polar surface area (TPSA) is 67.9 Å². The van der Waals surface area contributed by atoms with Crippen molar-refractivity contribution in [1.82, 2.24) is 15.0 Å². The highest BCUT2D eigenvalue weighted by Gasteiger charge is 2.06. The van der Waals surface area contributed by atoms with Gasteiger partial charge in [0, 0.05) is 18.3 Å². The Morgan fingerprint density at radius 3 is 2.95 bits per heavy atom. The smallest absolute Gasteiger partial charge is 0.267 e. The molecule has 0 fully saturated rings. The number of aromatic nitrogens is 3. The molecule has 6 heteroatoms.